The van der Waals surface area contributed by atoms with E-state index in [0.29, 0.717) is 0 Å². The molecule has 0 aromatic heterocycles. The number of carbonyl (C=O) groups is 1. The molecule has 0 aliphatic rings. The van der Waals surface area contributed by atoms with Crippen molar-refractivity contribution >= 4 is 29.0 Å². The lowest BCUT2D eigenvalue weighted by Crippen LogP contribution is -2.02. The average Bonchev–Trinajstić information content (AvgIpc) is 2.60. The van der Waals surface area contributed by atoms with Gasteiger partial charge in [-0.15, -0.1) is 0 Å². The summed E-state index contributed by atoms with van der Waals surface area (Å²) < 4.78 is 29.1. The van der Waals surface area contributed by atoms with Crippen LogP contribution in [0.2, 0.25) is 5.02 Å². The van der Waals surface area contributed by atoms with Crippen molar-refractivity contribution < 1.29 is 18.7 Å². The average molecular weight is 377 g/mol. The van der Waals surface area contributed by atoms with Crippen LogP contribution in [0.5, 0.6) is 0 Å². The number of halogens is 3. The topological polar surface area (TPSA) is 37.3 Å². The first-order chi connectivity index (χ1) is 12.3. The minimum atomic E-state index is -1.17. The SMILES string of the molecule is C=C(c1cc(C(=O)O)ccc1/C(F)=C\C(C)CC)c1c(F)cccc1Cl. The van der Waals surface area contributed by atoms with Crippen LogP contribution >= 0.6 is 11.6 Å². The number of hydrogen-bond donors (Lipinski definition) is 1. The Morgan fingerprint density at radius 1 is 1.31 bits per heavy atom. The van der Waals surface area contributed by atoms with Gasteiger partial charge in [-0.3, -0.25) is 0 Å². The van der Waals surface area contributed by atoms with Gasteiger partial charge in [-0.2, -0.15) is 0 Å². The summed E-state index contributed by atoms with van der Waals surface area (Å²) >= 11 is 6.09. The minimum absolute atomic E-state index is 0.00712. The molecule has 0 amide bonds. The summed E-state index contributed by atoms with van der Waals surface area (Å²) in [5.74, 6) is -2.30. The first-order valence-corrected chi connectivity index (χ1v) is 8.52. The molecule has 0 aliphatic carbocycles. The van der Waals surface area contributed by atoms with Crippen LogP contribution in [-0.2, 0) is 0 Å². The quantitative estimate of drug-likeness (QED) is 0.617. The molecule has 2 nitrogen and oxygen atoms in total. The molecule has 0 radical (unpaired) electrons. The summed E-state index contributed by atoms with van der Waals surface area (Å²) in [6.07, 6.45) is 2.20. The first kappa shape index (κ1) is 19.9. The molecular weight excluding hydrogens is 358 g/mol. The molecule has 0 spiro atoms. The van der Waals surface area contributed by atoms with Gasteiger partial charge in [-0.05, 0) is 53.8 Å². The Hall–Kier alpha value is -2.46. The van der Waals surface area contributed by atoms with Crippen molar-refractivity contribution in [1.82, 2.24) is 0 Å². The van der Waals surface area contributed by atoms with Gasteiger partial charge in [-0.25, -0.2) is 13.6 Å². The van der Waals surface area contributed by atoms with Crippen LogP contribution in [0.3, 0.4) is 0 Å². The standard InChI is InChI=1S/C21H19ClF2O2/c1-4-12(2)10-19(24)15-9-8-14(21(25)26)11-16(15)13(3)20-17(22)6-5-7-18(20)23/h5-12H,3-4H2,1-2H3,(H,25,26)/b19-10+. The normalized spacial score (nSPS) is 12.7. The molecule has 0 saturated carbocycles. The van der Waals surface area contributed by atoms with Crippen molar-refractivity contribution in [3.63, 3.8) is 0 Å². The summed E-state index contributed by atoms with van der Waals surface area (Å²) in [6.45, 7) is 7.65. The largest absolute Gasteiger partial charge is 0.478 e. The molecule has 0 fully saturated rings. The Morgan fingerprint density at radius 3 is 2.58 bits per heavy atom. The van der Waals surface area contributed by atoms with Crippen molar-refractivity contribution in [3.8, 4) is 0 Å². The summed E-state index contributed by atoms with van der Waals surface area (Å²) in [4.78, 5) is 11.3. The van der Waals surface area contributed by atoms with Crippen LogP contribution in [0.25, 0.3) is 11.4 Å². The Balaban J connectivity index is 2.68. The fraction of sp³-hybridized carbons (Fsp3) is 0.190. The summed E-state index contributed by atoms with van der Waals surface area (Å²) in [5, 5.41) is 9.36. The van der Waals surface area contributed by atoms with E-state index in [1.54, 1.807) is 0 Å². The van der Waals surface area contributed by atoms with Crippen LogP contribution in [-0.4, -0.2) is 11.1 Å². The van der Waals surface area contributed by atoms with Crippen molar-refractivity contribution in [2.24, 2.45) is 5.92 Å². The minimum Gasteiger partial charge on any atom is -0.478 e. The smallest absolute Gasteiger partial charge is 0.335 e. The van der Waals surface area contributed by atoms with Crippen molar-refractivity contribution in [3.05, 3.63) is 82.1 Å². The second kappa shape index (κ2) is 8.28. The molecule has 1 atom stereocenters. The zero-order valence-electron chi connectivity index (χ0n) is 14.5. The van der Waals surface area contributed by atoms with E-state index in [1.165, 1.54) is 42.5 Å². The van der Waals surface area contributed by atoms with Gasteiger partial charge < -0.3 is 5.11 Å². The molecule has 1 unspecified atom stereocenters. The monoisotopic (exact) mass is 376 g/mol. The van der Waals surface area contributed by atoms with Gasteiger partial charge in [0.2, 0.25) is 0 Å². The number of carboxylic acids is 1. The molecule has 2 aromatic rings. The van der Waals surface area contributed by atoms with E-state index in [-0.39, 0.29) is 38.8 Å². The van der Waals surface area contributed by atoms with E-state index in [0.717, 1.165) is 6.42 Å². The zero-order valence-corrected chi connectivity index (χ0v) is 15.3. The van der Waals surface area contributed by atoms with E-state index in [4.69, 9.17) is 11.6 Å². The third kappa shape index (κ3) is 4.20. The highest BCUT2D eigenvalue weighted by atomic mass is 35.5. The third-order valence-corrected chi connectivity index (χ3v) is 4.50. The van der Waals surface area contributed by atoms with Gasteiger partial charge >= 0.3 is 5.97 Å². The maximum absolute atomic E-state index is 14.8. The van der Waals surface area contributed by atoms with Crippen LogP contribution in [0.4, 0.5) is 8.78 Å². The van der Waals surface area contributed by atoms with Crippen molar-refractivity contribution in [2.75, 3.05) is 0 Å². The maximum Gasteiger partial charge on any atom is 0.335 e. The number of rotatable bonds is 6. The lowest BCUT2D eigenvalue weighted by Gasteiger charge is -2.15. The molecule has 136 valence electrons. The Kier molecular flexibility index (Phi) is 6.32. The summed E-state index contributed by atoms with van der Waals surface area (Å²) in [6, 6.07) is 8.13. The van der Waals surface area contributed by atoms with Crippen LogP contribution in [0.1, 0.15) is 47.3 Å². The molecule has 5 heteroatoms. The predicted molar refractivity (Wildman–Crippen MR) is 101 cm³/mol. The highest BCUT2D eigenvalue weighted by Crippen LogP contribution is 2.35. The molecule has 0 aliphatic heterocycles. The van der Waals surface area contributed by atoms with E-state index in [2.05, 4.69) is 6.58 Å². The van der Waals surface area contributed by atoms with Gasteiger partial charge in [0.05, 0.1) is 10.6 Å². The molecule has 0 saturated heterocycles. The summed E-state index contributed by atoms with van der Waals surface area (Å²) in [7, 11) is 0. The highest BCUT2D eigenvalue weighted by Gasteiger charge is 2.19. The fourth-order valence-corrected chi connectivity index (χ4v) is 2.79. The number of aromatic carboxylic acids is 1. The van der Waals surface area contributed by atoms with Gasteiger partial charge in [-0.1, -0.05) is 44.2 Å². The molecule has 0 heterocycles. The number of carboxylic acid groups (broad SMARTS) is 1. The van der Waals surface area contributed by atoms with Crippen molar-refractivity contribution in [2.45, 2.75) is 20.3 Å². The van der Waals surface area contributed by atoms with E-state index in [1.807, 2.05) is 13.8 Å². The third-order valence-electron chi connectivity index (χ3n) is 4.19. The van der Waals surface area contributed by atoms with Crippen LogP contribution < -0.4 is 0 Å². The summed E-state index contributed by atoms with van der Waals surface area (Å²) in [5.41, 5.74) is 0.440. The van der Waals surface area contributed by atoms with E-state index in [9.17, 15) is 18.7 Å². The molecule has 26 heavy (non-hydrogen) atoms. The van der Waals surface area contributed by atoms with Gasteiger partial charge in [0, 0.05) is 11.1 Å². The lowest BCUT2D eigenvalue weighted by molar-refractivity contribution is 0.0697. The number of allylic oxidation sites excluding steroid dienone is 1. The molecular formula is C21H19ClF2O2. The molecule has 2 rings (SSSR count). The van der Waals surface area contributed by atoms with Gasteiger partial charge in [0.15, 0.2) is 0 Å². The van der Waals surface area contributed by atoms with E-state index < -0.39 is 17.6 Å². The van der Waals surface area contributed by atoms with Crippen LogP contribution in [0.15, 0.2) is 49.1 Å². The Bertz CT molecular complexity index is 867. The second-order valence-corrected chi connectivity index (χ2v) is 6.45. The van der Waals surface area contributed by atoms with Gasteiger partial charge in [0.1, 0.15) is 11.6 Å². The van der Waals surface area contributed by atoms with Crippen LogP contribution in [0, 0.1) is 11.7 Å². The highest BCUT2D eigenvalue weighted by molar-refractivity contribution is 6.32. The second-order valence-electron chi connectivity index (χ2n) is 6.04. The fourth-order valence-electron chi connectivity index (χ4n) is 2.51. The Labute approximate surface area is 156 Å². The van der Waals surface area contributed by atoms with Crippen molar-refractivity contribution in [1.29, 1.82) is 0 Å². The Morgan fingerprint density at radius 2 is 2.00 bits per heavy atom. The molecule has 2 aromatic carbocycles. The first-order valence-electron chi connectivity index (χ1n) is 8.14. The number of hydrogen-bond acceptors (Lipinski definition) is 1. The van der Waals surface area contributed by atoms with Gasteiger partial charge in [0.25, 0.3) is 0 Å². The van der Waals surface area contributed by atoms with E-state index >= 15 is 0 Å². The predicted octanol–water partition coefficient (Wildman–Crippen LogP) is 6.60. The zero-order chi connectivity index (χ0) is 19.4. The molecule has 0 bridgehead atoms. The number of benzene rings is 2. The maximum atomic E-state index is 14.8. The molecule has 1 N–H and O–H groups in total. The lowest BCUT2D eigenvalue weighted by atomic mass is 9.91.